The van der Waals surface area contributed by atoms with Gasteiger partial charge >= 0.3 is 0 Å². The Hall–Kier alpha value is -2.13. The highest BCUT2D eigenvalue weighted by Crippen LogP contribution is 2.12. The van der Waals surface area contributed by atoms with E-state index in [1.54, 1.807) is 0 Å². The van der Waals surface area contributed by atoms with Gasteiger partial charge in [0.05, 0.1) is 6.04 Å². The van der Waals surface area contributed by atoms with E-state index in [1.165, 1.54) is 11.1 Å². The fourth-order valence-electron chi connectivity index (χ4n) is 2.59. The molecule has 0 saturated heterocycles. The number of nitrogens with zero attached hydrogens (tertiary/aromatic N) is 1. The lowest BCUT2D eigenvalue weighted by Gasteiger charge is -2.19. The Balaban J connectivity index is 1.77. The number of hydrogen-bond donors (Lipinski definition) is 1. The molecule has 0 radical (unpaired) electrons. The lowest BCUT2D eigenvalue weighted by Crippen LogP contribution is -2.30. The van der Waals surface area contributed by atoms with Gasteiger partial charge in [0.1, 0.15) is 0 Å². The molecule has 2 aromatic carbocycles. The smallest absolute Gasteiger partial charge is 0.221 e. The van der Waals surface area contributed by atoms with Gasteiger partial charge < -0.3 is 10.2 Å². The lowest BCUT2D eigenvalue weighted by atomic mass is 10.1. The highest BCUT2D eigenvalue weighted by molar-refractivity contribution is 5.76. The molecule has 122 valence electrons. The van der Waals surface area contributed by atoms with Crippen molar-refractivity contribution in [2.75, 3.05) is 13.6 Å². The van der Waals surface area contributed by atoms with Crippen molar-refractivity contribution in [3.8, 4) is 0 Å². The van der Waals surface area contributed by atoms with Crippen LogP contribution in [-0.4, -0.2) is 24.4 Å². The van der Waals surface area contributed by atoms with E-state index >= 15 is 0 Å². The molecule has 0 spiro atoms. The van der Waals surface area contributed by atoms with Crippen LogP contribution < -0.4 is 5.32 Å². The third-order valence-electron chi connectivity index (χ3n) is 4.10. The second-order valence-electron chi connectivity index (χ2n) is 6.11. The Morgan fingerprint density at radius 3 is 2.43 bits per heavy atom. The molecule has 0 unspecified atom stereocenters. The minimum Gasteiger partial charge on any atom is -0.350 e. The van der Waals surface area contributed by atoms with Crippen LogP contribution in [0.1, 0.15) is 36.1 Å². The van der Waals surface area contributed by atoms with Crippen molar-refractivity contribution in [3.05, 3.63) is 71.3 Å². The Bertz CT molecular complexity index is 625. The SMILES string of the molecule is Cc1ccccc1CN(C)CCC(=O)N[C@@H](C)c1ccccc1. The first kappa shape index (κ1) is 17.2. The summed E-state index contributed by atoms with van der Waals surface area (Å²) >= 11 is 0. The standard InChI is InChI=1S/C20H26N2O/c1-16-9-7-8-12-19(16)15-22(3)14-13-20(23)21-17(2)18-10-5-4-6-11-18/h4-12,17H,13-15H2,1-3H3,(H,21,23)/t17-/m0/s1. The predicted octanol–water partition coefficient (Wildman–Crippen LogP) is 3.69. The number of amides is 1. The van der Waals surface area contributed by atoms with Crippen LogP contribution >= 0.6 is 0 Å². The second-order valence-corrected chi connectivity index (χ2v) is 6.11. The van der Waals surface area contributed by atoms with Crippen molar-refractivity contribution in [1.82, 2.24) is 10.2 Å². The van der Waals surface area contributed by atoms with Gasteiger partial charge in [-0.3, -0.25) is 4.79 Å². The molecule has 1 N–H and O–H groups in total. The summed E-state index contributed by atoms with van der Waals surface area (Å²) in [7, 11) is 2.06. The van der Waals surface area contributed by atoms with Gasteiger partial charge in [0, 0.05) is 19.5 Å². The molecule has 3 heteroatoms. The Kier molecular flexibility index (Phi) is 6.36. The van der Waals surface area contributed by atoms with Gasteiger partial charge in [0.15, 0.2) is 0 Å². The van der Waals surface area contributed by atoms with E-state index in [1.807, 2.05) is 37.3 Å². The van der Waals surface area contributed by atoms with Crippen molar-refractivity contribution in [2.24, 2.45) is 0 Å². The van der Waals surface area contributed by atoms with Crippen LogP contribution in [0, 0.1) is 6.92 Å². The number of rotatable bonds is 7. The number of carbonyl (C=O) groups excluding carboxylic acids is 1. The molecule has 3 nitrogen and oxygen atoms in total. The summed E-state index contributed by atoms with van der Waals surface area (Å²) in [5.41, 5.74) is 3.74. The maximum atomic E-state index is 12.1. The maximum absolute atomic E-state index is 12.1. The maximum Gasteiger partial charge on any atom is 0.221 e. The van der Waals surface area contributed by atoms with Crippen LogP contribution in [0.3, 0.4) is 0 Å². The van der Waals surface area contributed by atoms with Gasteiger partial charge in [-0.2, -0.15) is 0 Å². The van der Waals surface area contributed by atoms with Crippen molar-refractivity contribution < 1.29 is 4.79 Å². The Morgan fingerprint density at radius 2 is 1.74 bits per heavy atom. The molecule has 1 atom stereocenters. The monoisotopic (exact) mass is 310 g/mol. The highest BCUT2D eigenvalue weighted by Gasteiger charge is 2.10. The summed E-state index contributed by atoms with van der Waals surface area (Å²) in [6.45, 7) is 5.76. The van der Waals surface area contributed by atoms with Gasteiger partial charge in [-0.1, -0.05) is 54.6 Å². The van der Waals surface area contributed by atoms with Gasteiger partial charge in [-0.15, -0.1) is 0 Å². The molecular formula is C20H26N2O. The summed E-state index contributed by atoms with van der Waals surface area (Å²) in [5, 5.41) is 3.06. The van der Waals surface area contributed by atoms with E-state index < -0.39 is 0 Å². The molecule has 0 heterocycles. The van der Waals surface area contributed by atoms with E-state index in [-0.39, 0.29) is 11.9 Å². The summed E-state index contributed by atoms with van der Waals surface area (Å²) in [6.07, 6.45) is 0.513. The Morgan fingerprint density at radius 1 is 1.09 bits per heavy atom. The topological polar surface area (TPSA) is 32.3 Å². The van der Waals surface area contributed by atoms with E-state index in [0.29, 0.717) is 6.42 Å². The predicted molar refractivity (Wildman–Crippen MR) is 95.1 cm³/mol. The van der Waals surface area contributed by atoms with E-state index in [4.69, 9.17) is 0 Å². The molecule has 2 rings (SSSR count). The average molecular weight is 310 g/mol. The molecule has 0 saturated carbocycles. The van der Waals surface area contributed by atoms with Gasteiger partial charge in [-0.05, 0) is 37.6 Å². The van der Waals surface area contributed by atoms with Crippen LogP contribution in [0.25, 0.3) is 0 Å². The van der Waals surface area contributed by atoms with Crippen molar-refractivity contribution in [2.45, 2.75) is 32.9 Å². The number of carbonyl (C=O) groups is 1. The first-order chi connectivity index (χ1) is 11.1. The minimum atomic E-state index is 0.0466. The zero-order valence-corrected chi connectivity index (χ0v) is 14.3. The molecule has 0 fully saturated rings. The first-order valence-electron chi connectivity index (χ1n) is 8.13. The summed E-state index contributed by atoms with van der Waals surface area (Å²) < 4.78 is 0. The van der Waals surface area contributed by atoms with Crippen LogP contribution in [-0.2, 0) is 11.3 Å². The zero-order valence-electron chi connectivity index (χ0n) is 14.3. The third-order valence-corrected chi connectivity index (χ3v) is 4.10. The molecule has 23 heavy (non-hydrogen) atoms. The second kappa shape index (κ2) is 8.49. The molecule has 1 amide bonds. The van der Waals surface area contributed by atoms with Gasteiger partial charge in [-0.25, -0.2) is 0 Å². The molecule has 0 aliphatic heterocycles. The van der Waals surface area contributed by atoms with Gasteiger partial charge in [0.2, 0.25) is 5.91 Å². The lowest BCUT2D eigenvalue weighted by molar-refractivity contribution is -0.122. The molecule has 0 bridgehead atoms. The van der Waals surface area contributed by atoms with E-state index in [0.717, 1.165) is 18.7 Å². The first-order valence-corrected chi connectivity index (χ1v) is 8.13. The molecule has 0 aliphatic carbocycles. The number of aryl methyl sites for hydroxylation is 1. The van der Waals surface area contributed by atoms with E-state index in [9.17, 15) is 4.79 Å². The molecular weight excluding hydrogens is 284 g/mol. The molecule has 0 aliphatic rings. The summed E-state index contributed by atoms with van der Waals surface area (Å²) in [5.74, 6) is 0.0954. The zero-order chi connectivity index (χ0) is 16.7. The van der Waals surface area contributed by atoms with Crippen molar-refractivity contribution in [1.29, 1.82) is 0 Å². The summed E-state index contributed by atoms with van der Waals surface area (Å²) in [4.78, 5) is 14.3. The number of nitrogens with one attached hydrogen (secondary N) is 1. The quantitative estimate of drug-likeness (QED) is 0.846. The van der Waals surface area contributed by atoms with Crippen molar-refractivity contribution >= 4 is 5.91 Å². The largest absolute Gasteiger partial charge is 0.350 e. The van der Waals surface area contributed by atoms with E-state index in [2.05, 4.69) is 48.5 Å². The fraction of sp³-hybridized carbons (Fsp3) is 0.350. The van der Waals surface area contributed by atoms with Crippen molar-refractivity contribution in [3.63, 3.8) is 0 Å². The summed E-state index contributed by atoms with van der Waals surface area (Å²) in [6, 6.07) is 18.5. The molecule has 0 aromatic heterocycles. The number of benzene rings is 2. The Labute approximate surface area is 139 Å². The van der Waals surface area contributed by atoms with Crippen LogP contribution in [0.2, 0.25) is 0 Å². The molecule has 2 aromatic rings. The van der Waals surface area contributed by atoms with Crippen LogP contribution in [0.15, 0.2) is 54.6 Å². The normalized spacial score (nSPS) is 12.2. The number of hydrogen-bond acceptors (Lipinski definition) is 2. The van der Waals surface area contributed by atoms with Gasteiger partial charge in [0.25, 0.3) is 0 Å². The van der Waals surface area contributed by atoms with Crippen LogP contribution in [0.5, 0.6) is 0 Å². The average Bonchev–Trinajstić information content (AvgIpc) is 2.56. The minimum absolute atomic E-state index is 0.0466. The fourth-order valence-corrected chi connectivity index (χ4v) is 2.59. The van der Waals surface area contributed by atoms with Crippen LogP contribution in [0.4, 0.5) is 0 Å². The third kappa shape index (κ3) is 5.53. The highest BCUT2D eigenvalue weighted by atomic mass is 16.1.